The Morgan fingerprint density at radius 1 is 1.14 bits per heavy atom. The molecule has 114 valence electrons. The molecule has 0 spiro atoms. The minimum Gasteiger partial charge on any atom is -0.300 e. The molecule has 1 aliphatic rings. The first-order chi connectivity index (χ1) is 10.6. The van der Waals surface area contributed by atoms with Crippen molar-refractivity contribution in [3.63, 3.8) is 0 Å². The Bertz CT molecular complexity index is 680. The molecule has 0 aliphatic carbocycles. The second kappa shape index (κ2) is 6.27. The SMILES string of the molecule is CCSc1ccc(C(=O)[C@]2(C)Cc3ccccc3CN2)cc1. The van der Waals surface area contributed by atoms with Crippen molar-refractivity contribution in [2.45, 2.75) is 37.2 Å². The zero-order valence-electron chi connectivity index (χ0n) is 13.1. The smallest absolute Gasteiger partial charge is 0.182 e. The second-order valence-electron chi connectivity index (χ2n) is 5.92. The summed E-state index contributed by atoms with van der Waals surface area (Å²) < 4.78 is 0. The average Bonchev–Trinajstić information content (AvgIpc) is 2.55. The molecule has 1 N–H and O–H groups in total. The lowest BCUT2D eigenvalue weighted by Crippen LogP contribution is -2.53. The largest absolute Gasteiger partial charge is 0.300 e. The predicted octanol–water partition coefficient (Wildman–Crippen LogP) is 4.09. The van der Waals surface area contributed by atoms with Crippen LogP contribution in [0.1, 0.15) is 35.3 Å². The number of hydrogen-bond acceptors (Lipinski definition) is 3. The van der Waals surface area contributed by atoms with E-state index in [9.17, 15) is 4.79 Å². The van der Waals surface area contributed by atoms with Crippen molar-refractivity contribution in [1.29, 1.82) is 0 Å². The van der Waals surface area contributed by atoms with Gasteiger partial charge in [0.25, 0.3) is 0 Å². The van der Waals surface area contributed by atoms with Crippen molar-refractivity contribution in [1.82, 2.24) is 5.32 Å². The van der Waals surface area contributed by atoms with Crippen molar-refractivity contribution < 1.29 is 4.79 Å². The Labute approximate surface area is 136 Å². The molecule has 0 fully saturated rings. The minimum atomic E-state index is -0.520. The highest BCUT2D eigenvalue weighted by Crippen LogP contribution is 2.27. The lowest BCUT2D eigenvalue weighted by Gasteiger charge is -2.35. The Morgan fingerprint density at radius 2 is 1.82 bits per heavy atom. The number of Topliss-reactive ketones (excluding diaryl/α,β-unsaturated/α-hetero) is 1. The number of thioether (sulfide) groups is 1. The molecule has 0 amide bonds. The number of rotatable bonds is 4. The molecule has 0 radical (unpaired) electrons. The zero-order chi connectivity index (χ0) is 15.6. The Kier molecular flexibility index (Phi) is 4.37. The number of hydrogen-bond donors (Lipinski definition) is 1. The zero-order valence-corrected chi connectivity index (χ0v) is 13.9. The first-order valence-electron chi connectivity index (χ1n) is 7.72. The molecule has 1 atom stereocenters. The van der Waals surface area contributed by atoms with Gasteiger partial charge in [-0.25, -0.2) is 0 Å². The Hall–Kier alpha value is -1.58. The molecule has 1 aliphatic heterocycles. The van der Waals surface area contributed by atoms with Crippen LogP contribution in [0.5, 0.6) is 0 Å². The summed E-state index contributed by atoms with van der Waals surface area (Å²) in [5.41, 5.74) is 2.83. The summed E-state index contributed by atoms with van der Waals surface area (Å²) in [5, 5.41) is 3.43. The summed E-state index contributed by atoms with van der Waals surface area (Å²) >= 11 is 1.79. The third-order valence-corrected chi connectivity index (χ3v) is 5.15. The Balaban J connectivity index is 1.82. The van der Waals surface area contributed by atoms with Crippen molar-refractivity contribution in [3.05, 3.63) is 65.2 Å². The molecule has 22 heavy (non-hydrogen) atoms. The summed E-state index contributed by atoms with van der Waals surface area (Å²) in [7, 11) is 0. The monoisotopic (exact) mass is 311 g/mol. The quantitative estimate of drug-likeness (QED) is 0.681. The maximum atomic E-state index is 12.9. The first-order valence-corrected chi connectivity index (χ1v) is 8.70. The van der Waals surface area contributed by atoms with E-state index in [1.54, 1.807) is 11.8 Å². The third-order valence-electron chi connectivity index (χ3n) is 4.26. The van der Waals surface area contributed by atoms with Crippen LogP contribution in [0.2, 0.25) is 0 Å². The van der Waals surface area contributed by atoms with Gasteiger partial charge in [0, 0.05) is 17.0 Å². The molecule has 2 nitrogen and oxygen atoms in total. The average molecular weight is 311 g/mol. The fourth-order valence-corrected chi connectivity index (χ4v) is 3.65. The van der Waals surface area contributed by atoms with Gasteiger partial charge in [0.1, 0.15) is 0 Å². The highest BCUT2D eigenvalue weighted by atomic mass is 32.2. The van der Waals surface area contributed by atoms with Gasteiger partial charge < -0.3 is 5.32 Å². The van der Waals surface area contributed by atoms with Crippen LogP contribution in [0.15, 0.2) is 53.4 Å². The lowest BCUT2D eigenvalue weighted by atomic mass is 9.81. The van der Waals surface area contributed by atoms with Crippen LogP contribution < -0.4 is 5.32 Å². The van der Waals surface area contributed by atoms with E-state index < -0.39 is 5.54 Å². The van der Waals surface area contributed by atoms with Gasteiger partial charge in [-0.2, -0.15) is 0 Å². The number of fused-ring (bicyclic) bond motifs is 1. The van der Waals surface area contributed by atoms with Crippen LogP contribution in [0.25, 0.3) is 0 Å². The van der Waals surface area contributed by atoms with Crippen LogP contribution in [0, 0.1) is 0 Å². The van der Waals surface area contributed by atoms with Crippen LogP contribution in [0.3, 0.4) is 0 Å². The van der Waals surface area contributed by atoms with Crippen LogP contribution in [-0.2, 0) is 13.0 Å². The van der Waals surface area contributed by atoms with Crippen LogP contribution >= 0.6 is 11.8 Å². The highest BCUT2D eigenvalue weighted by molar-refractivity contribution is 7.99. The number of carbonyl (C=O) groups excluding carboxylic acids is 1. The topological polar surface area (TPSA) is 29.1 Å². The standard InChI is InChI=1S/C19H21NOS/c1-3-22-17-10-8-14(9-11-17)18(21)19(2)12-15-6-4-5-7-16(15)13-20-19/h4-11,20H,3,12-13H2,1-2H3/t19-/m0/s1. The maximum absolute atomic E-state index is 12.9. The van der Waals surface area contributed by atoms with Gasteiger partial charge in [0.15, 0.2) is 5.78 Å². The molecule has 0 saturated carbocycles. The first kappa shape index (κ1) is 15.3. The summed E-state index contributed by atoms with van der Waals surface area (Å²) in [5.74, 6) is 1.22. The van der Waals surface area contributed by atoms with Crippen molar-refractivity contribution in [2.24, 2.45) is 0 Å². The summed E-state index contributed by atoms with van der Waals surface area (Å²) in [6.07, 6.45) is 0.744. The summed E-state index contributed by atoms with van der Waals surface area (Å²) in [6.45, 7) is 4.90. The Morgan fingerprint density at radius 3 is 2.50 bits per heavy atom. The van der Waals surface area contributed by atoms with Crippen molar-refractivity contribution in [2.75, 3.05) is 5.75 Å². The van der Waals surface area contributed by atoms with E-state index in [4.69, 9.17) is 0 Å². The van der Waals surface area contributed by atoms with E-state index in [1.165, 1.54) is 16.0 Å². The molecular formula is C19H21NOS. The molecule has 0 aromatic heterocycles. The molecule has 2 aromatic rings. The van der Waals surface area contributed by atoms with E-state index in [0.717, 1.165) is 24.3 Å². The molecule has 2 aromatic carbocycles. The number of carbonyl (C=O) groups is 1. The van der Waals surface area contributed by atoms with E-state index >= 15 is 0 Å². The lowest BCUT2D eigenvalue weighted by molar-refractivity contribution is 0.0856. The molecule has 1 heterocycles. The normalized spacial score (nSPS) is 20.5. The van der Waals surface area contributed by atoms with Gasteiger partial charge in [-0.1, -0.05) is 43.3 Å². The molecule has 3 heteroatoms. The molecule has 3 rings (SSSR count). The number of benzene rings is 2. The molecule has 0 saturated heterocycles. The van der Waals surface area contributed by atoms with Crippen LogP contribution in [-0.4, -0.2) is 17.1 Å². The summed E-state index contributed by atoms with van der Waals surface area (Å²) in [6, 6.07) is 16.3. The van der Waals surface area contributed by atoms with E-state index in [0.29, 0.717) is 0 Å². The van der Waals surface area contributed by atoms with E-state index in [-0.39, 0.29) is 5.78 Å². The van der Waals surface area contributed by atoms with Gasteiger partial charge in [-0.3, -0.25) is 4.79 Å². The predicted molar refractivity (Wildman–Crippen MR) is 92.6 cm³/mol. The van der Waals surface area contributed by atoms with Gasteiger partial charge in [-0.15, -0.1) is 11.8 Å². The van der Waals surface area contributed by atoms with Gasteiger partial charge in [-0.05, 0) is 42.4 Å². The molecule has 0 bridgehead atoms. The summed E-state index contributed by atoms with van der Waals surface area (Å²) in [4.78, 5) is 14.1. The second-order valence-corrected chi connectivity index (χ2v) is 7.26. The third kappa shape index (κ3) is 2.96. The highest BCUT2D eigenvalue weighted by Gasteiger charge is 2.36. The van der Waals surface area contributed by atoms with Gasteiger partial charge in [0.2, 0.25) is 0 Å². The van der Waals surface area contributed by atoms with Gasteiger partial charge in [0.05, 0.1) is 5.54 Å². The van der Waals surface area contributed by atoms with E-state index in [1.807, 2.05) is 37.3 Å². The molecule has 0 unspecified atom stereocenters. The minimum absolute atomic E-state index is 0.176. The van der Waals surface area contributed by atoms with Crippen molar-refractivity contribution in [3.8, 4) is 0 Å². The fraction of sp³-hybridized carbons (Fsp3) is 0.316. The van der Waals surface area contributed by atoms with E-state index in [2.05, 4.69) is 30.4 Å². The number of nitrogens with one attached hydrogen (secondary N) is 1. The molecular weight excluding hydrogens is 290 g/mol. The van der Waals surface area contributed by atoms with Crippen molar-refractivity contribution >= 4 is 17.5 Å². The number of ketones is 1. The fourth-order valence-electron chi connectivity index (χ4n) is 2.98. The van der Waals surface area contributed by atoms with Gasteiger partial charge >= 0.3 is 0 Å². The maximum Gasteiger partial charge on any atom is 0.182 e. The van der Waals surface area contributed by atoms with Crippen LogP contribution in [0.4, 0.5) is 0 Å².